The van der Waals surface area contributed by atoms with Gasteiger partial charge in [-0.25, -0.2) is 0 Å². The molecule has 2 atom stereocenters. The lowest BCUT2D eigenvalue weighted by Crippen LogP contribution is -2.43. The maximum absolute atomic E-state index is 6.25. The SMILES string of the molecule is C=CC(N)C1(c2ccccc2)C=CCCC1. The lowest BCUT2D eigenvalue weighted by atomic mass is 9.68. The molecule has 16 heavy (non-hydrogen) atoms. The monoisotopic (exact) mass is 213 g/mol. The van der Waals surface area contributed by atoms with E-state index in [2.05, 4.69) is 43.0 Å². The predicted octanol–water partition coefficient (Wildman–Crippen LogP) is 3.18. The molecule has 0 fully saturated rings. The van der Waals surface area contributed by atoms with Crippen LogP contribution in [0, 0.1) is 0 Å². The molecule has 0 aromatic heterocycles. The number of benzene rings is 1. The van der Waals surface area contributed by atoms with Crippen molar-refractivity contribution in [1.82, 2.24) is 0 Å². The molecule has 0 aliphatic heterocycles. The van der Waals surface area contributed by atoms with E-state index in [0.717, 1.165) is 6.42 Å². The molecule has 0 amide bonds. The molecule has 84 valence electrons. The summed E-state index contributed by atoms with van der Waals surface area (Å²) in [5.74, 6) is 0. The predicted molar refractivity (Wildman–Crippen MR) is 69.3 cm³/mol. The summed E-state index contributed by atoms with van der Waals surface area (Å²) in [5.41, 5.74) is 7.51. The molecule has 1 aliphatic carbocycles. The molecule has 0 saturated heterocycles. The van der Waals surface area contributed by atoms with Gasteiger partial charge in [0.2, 0.25) is 0 Å². The molecule has 2 N–H and O–H groups in total. The second-order valence-electron chi connectivity index (χ2n) is 4.46. The van der Waals surface area contributed by atoms with Crippen LogP contribution in [0.15, 0.2) is 55.1 Å². The Bertz CT molecular complexity index is 380. The number of allylic oxidation sites excluding steroid dienone is 1. The first kappa shape index (κ1) is 11.2. The van der Waals surface area contributed by atoms with Crippen molar-refractivity contribution in [3.63, 3.8) is 0 Å². The molecule has 2 unspecified atom stereocenters. The van der Waals surface area contributed by atoms with Gasteiger partial charge in [-0.3, -0.25) is 0 Å². The zero-order valence-electron chi connectivity index (χ0n) is 9.60. The van der Waals surface area contributed by atoms with Crippen LogP contribution in [-0.2, 0) is 5.41 Å². The molecule has 0 saturated carbocycles. The Morgan fingerprint density at radius 3 is 2.62 bits per heavy atom. The van der Waals surface area contributed by atoms with Crippen molar-refractivity contribution in [3.05, 3.63) is 60.7 Å². The Morgan fingerprint density at radius 2 is 2.06 bits per heavy atom. The maximum Gasteiger partial charge on any atom is 0.0355 e. The van der Waals surface area contributed by atoms with Crippen LogP contribution >= 0.6 is 0 Å². The Morgan fingerprint density at radius 1 is 1.31 bits per heavy atom. The molecule has 0 heterocycles. The average Bonchev–Trinajstić information content (AvgIpc) is 2.39. The van der Waals surface area contributed by atoms with Crippen molar-refractivity contribution < 1.29 is 0 Å². The van der Waals surface area contributed by atoms with Crippen LogP contribution in [0.3, 0.4) is 0 Å². The second-order valence-corrected chi connectivity index (χ2v) is 4.46. The number of hydrogen-bond acceptors (Lipinski definition) is 1. The van der Waals surface area contributed by atoms with Crippen LogP contribution < -0.4 is 5.73 Å². The highest BCUT2D eigenvalue weighted by Gasteiger charge is 2.35. The van der Waals surface area contributed by atoms with Crippen molar-refractivity contribution in [2.45, 2.75) is 30.7 Å². The van der Waals surface area contributed by atoms with E-state index in [1.807, 2.05) is 12.1 Å². The van der Waals surface area contributed by atoms with Gasteiger partial charge in [-0.2, -0.15) is 0 Å². The Balaban J connectivity index is 2.46. The van der Waals surface area contributed by atoms with E-state index >= 15 is 0 Å². The minimum Gasteiger partial charge on any atom is -0.323 e. The smallest absolute Gasteiger partial charge is 0.0355 e. The van der Waals surface area contributed by atoms with E-state index in [9.17, 15) is 0 Å². The van der Waals surface area contributed by atoms with Gasteiger partial charge in [-0.05, 0) is 24.8 Å². The molecule has 0 spiro atoms. The lowest BCUT2D eigenvalue weighted by molar-refractivity contribution is 0.413. The zero-order chi connectivity index (χ0) is 11.4. The van der Waals surface area contributed by atoms with Crippen LogP contribution in [-0.4, -0.2) is 6.04 Å². The first-order chi connectivity index (χ1) is 7.79. The molecular weight excluding hydrogens is 194 g/mol. The lowest BCUT2D eigenvalue weighted by Gasteiger charge is -2.37. The highest BCUT2D eigenvalue weighted by Crippen LogP contribution is 2.37. The quantitative estimate of drug-likeness (QED) is 0.767. The van der Waals surface area contributed by atoms with Gasteiger partial charge < -0.3 is 5.73 Å². The van der Waals surface area contributed by atoms with Gasteiger partial charge in [0.1, 0.15) is 0 Å². The van der Waals surface area contributed by atoms with Gasteiger partial charge in [0.15, 0.2) is 0 Å². The minimum atomic E-state index is -0.0404. The average molecular weight is 213 g/mol. The summed E-state index contributed by atoms with van der Waals surface area (Å²) in [5, 5.41) is 0. The number of hydrogen-bond donors (Lipinski definition) is 1. The third-order valence-electron chi connectivity index (χ3n) is 3.54. The standard InChI is InChI=1S/C15H19N/c1-2-14(16)15(11-7-4-8-12-15)13-9-5-3-6-10-13/h2-3,5-7,9-11,14H,1,4,8,12,16H2. The van der Waals surface area contributed by atoms with E-state index in [-0.39, 0.29) is 11.5 Å². The molecule has 1 nitrogen and oxygen atoms in total. The summed E-state index contributed by atoms with van der Waals surface area (Å²) < 4.78 is 0. The van der Waals surface area contributed by atoms with Crippen molar-refractivity contribution in [1.29, 1.82) is 0 Å². The van der Waals surface area contributed by atoms with Crippen LogP contribution in [0.4, 0.5) is 0 Å². The third kappa shape index (κ3) is 1.83. The summed E-state index contributed by atoms with van der Waals surface area (Å²) in [4.78, 5) is 0. The van der Waals surface area contributed by atoms with Gasteiger partial charge >= 0.3 is 0 Å². The van der Waals surface area contributed by atoms with E-state index in [1.165, 1.54) is 18.4 Å². The van der Waals surface area contributed by atoms with Crippen molar-refractivity contribution in [2.75, 3.05) is 0 Å². The fourth-order valence-corrected chi connectivity index (χ4v) is 2.56. The molecule has 1 aromatic rings. The van der Waals surface area contributed by atoms with Crippen molar-refractivity contribution >= 4 is 0 Å². The van der Waals surface area contributed by atoms with E-state index < -0.39 is 0 Å². The highest BCUT2D eigenvalue weighted by atomic mass is 14.7. The highest BCUT2D eigenvalue weighted by molar-refractivity contribution is 5.36. The topological polar surface area (TPSA) is 26.0 Å². The first-order valence-corrected chi connectivity index (χ1v) is 5.91. The molecule has 1 heteroatoms. The fourth-order valence-electron chi connectivity index (χ4n) is 2.56. The van der Waals surface area contributed by atoms with Crippen LogP contribution in [0.5, 0.6) is 0 Å². The van der Waals surface area contributed by atoms with Gasteiger partial charge in [0, 0.05) is 11.5 Å². The van der Waals surface area contributed by atoms with E-state index in [0.29, 0.717) is 0 Å². The van der Waals surface area contributed by atoms with E-state index in [1.54, 1.807) is 0 Å². The third-order valence-corrected chi connectivity index (χ3v) is 3.54. The van der Waals surface area contributed by atoms with Crippen molar-refractivity contribution in [3.8, 4) is 0 Å². The normalized spacial score (nSPS) is 26.3. The molecule has 1 aromatic carbocycles. The van der Waals surface area contributed by atoms with Crippen molar-refractivity contribution in [2.24, 2.45) is 5.73 Å². The molecule has 0 bridgehead atoms. The molecule has 0 radical (unpaired) electrons. The zero-order valence-corrected chi connectivity index (χ0v) is 9.60. The summed E-state index contributed by atoms with van der Waals surface area (Å²) in [6, 6.07) is 10.5. The fraction of sp³-hybridized carbons (Fsp3) is 0.333. The Labute approximate surface area is 97.7 Å². The summed E-state index contributed by atoms with van der Waals surface area (Å²) >= 11 is 0. The Hall–Kier alpha value is -1.34. The largest absolute Gasteiger partial charge is 0.323 e. The van der Waals surface area contributed by atoms with Gasteiger partial charge in [-0.1, -0.05) is 48.6 Å². The number of nitrogens with two attached hydrogens (primary N) is 1. The number of rotatable bonds is 3. The summed E-state index contributed by atoms with van der Waals surface area (Å²) in [6.07, 6.45) is 9.87. The maximum atomic E-state index is 6.25. The van der Waals surface area contributed by atoms with Crippen LogP contribution in [0.1, 0.15) is 24.8 Å². The molecular formula is C15H19N. The molecule has 2 rings (SSSR count). The minimum absolute atomic E-state index is 0.00792. The van der Waals surface area contributed by atoms with Gasteiger partial charge in [0.05, 0.1) is 0 Å². The van der Waals surface area contributed by atoms with Gasteiger partial charge in [-0.15, -0.1) is 6.58 Å². The first-order valence-electron chi connectivity index (χ1n) is 5.91. The van der Waals surface area contributed by atoms with Crippen LogP contribution in [0.25, 0.3) is 0 Å². The van der Waals surface area contributed by atoms with Gasteiger partial charge in [0.25, 0.3) is 0 Å². The van der Waals surface area contributed by atoms with Crippen LogP contribution in [0.2, 0.25) is 0 Å². The van der Waals surface area contributed by atoms with E-state index in [4.69, 9.17) is 5.73 Å². The molecule has 1 aliphatic rings. The summed E-state index contributed by atoms with van der Waals surface area (Å²) in [7, 11) is 0. The Kier molecular flexibility index (Phi) is 3.25. The second kappa shape index (κ2) is 4.67. The summed E-state index contributed by atoms with van der Waals surface area (Å²) in [6.45, 7) is 3.85.